The van der Waals surface area contributed by atoms with Crippen LogP contribution in [0.5, 0.6) is 0 Å². The minimum absolute atomic E-state index is 0.183. The summed E-state index contributed by atoms with van der Waals surface area (Å²) in [6.07, 6.45) is 3.45. The average molecular weight is 258 g/mol. The number of aryl methyl sites for hydroxylation is 1. The van der Waals surface area contributed by atoms with Gasteiger partial charge in [-0.2, -0.15) is 0 Å². The van der Waals surface area contributed by atoms with E-state index in [1.807, 2.05) is 12.1 Å². The number of fused-ring (bicyclic) bond motifs is 1. The predicted octanol–water partition coefficient (Wildman–Crippen LogP) is 2.73. The van der Waals surface area contributed by atoms with E-state index in [1.165, 1.54) is 30.5 Å². The number of carbonyl (C=O) groups is 1. The zero-order valence-electron chi connectivity index (χ0n) is 11.8. The van der Waals surface area contributed by atoms with Crippen molar-refractivity contribution in [3.8, 4) is 0 Å². The van der Waals surface area contributed by atoms with E-state index in [1.54, 1.807) is 0 Å². The maximum atomic E-state index is 12.5. The Balaban J connectivity index is 1.73. The fraction of sp³-hybridized carbons (Fsp3) is 0.562. The molecule has 2 fully saturated rings. The first kappa shape index (κ1) is 12.7. The lowest BCUT2D eigenvalue weighted by Gasteiger charge is -2.20. The van der Waals surface area contributed by atoms with Crippen LogP contribution >= 0.6 is 0 Å². The summed E-state index contributed by atoms with van der Waals surface area (Å²) >= 11 is 0. The van der Waals surface area contributed by atoms with E-state index in [-0.39, 0.29) is 11.8 Å². The summed E-state index contributed by atoms with van der Waals surface area (Å²) in [6, 6.07) is 6.58. The third kappa shape index (κ3) is 2.27. The molecule has 1 aromatic carbocycles. The summed E-state index contributed by atoms with van der Waals surface area (Å²) in [5, 5.41) is 3.14. The topological polar surface area (TPSA) is 32.3 Å². The van der Waals surface area contributed by atoms with Crippen molar-refractivity contribution in [2.75, 3.05) is 18.4 Å². The van der Waals surface area contributed by atoms with E-state index in [4.69, 9.17) is 0 Å². The molecule has 1 amide bonds. The Labute approximate surface area is 115 Å². The van der Waals surface area contributed by atoms with Crippen molar-refractivity contribution in [1.82, 2.24) is 4.90 Å². The molecule has 1 aromatic rings. The molecular formula is C16H22N2O. The number of hydrogen-bond donors (Lipinski definition) is 1. The Morgan fingerprint density at radius 3 is 2.95 bits per heavy atom. The standard InChI is InChI=1S/C16H22N2O/c1-11-5-3-6-14(12(11)2)17-16(19)13-8-10-18-9-4-7-15(13)18/h3,5-6,13,15H,4,7-10H2,1-2H3,(H,17,19). The van der Waals surface area contributed by atoms with E-state index in [0.29, 0.717) is 6.04 Å². The van der Waals surface area contributed by atoms with Crippen molar-refractivity contribution in [1.29, 1.82) is 0 Å². The normalized spacial score (nSPS) is 26.4. The minimum Gasteiger partial charge on any atom is -0.326 e. The smallest absolute Gasteiger partial charge is 0.229 e. The van der Waals surface area contributed by atoms with Gasteiger partial charge in [-0.25, -0.2) is 0 Å². The highest BCUT2D eigenvalue weighted by atomic mass is 16.2. The van der Waals surface area contributed by atoms with Gasteiger partial charge in [0.25, 0.3) is 0 Å². The van der Waals surface area contributed by atoms with Crippen LogP contribution in [-0.4, -0.2) is 29.9 Å². The number of nitrogens with zero attached hydrogens (tertiary/aromatic N) is 1. The van der Waals surface area contributed by atoms with Gasteiger partial charge in [0.1, 0.15) is 0 Å². The van der Waals surface area contributed by atoms with Gasteiger partial charge in [0.2, 0.25) is 5.91 Å². The molecule has 102 valence electrons. The second-order valence-corrected chi connectivity index (χ2v) is 5.88. The molecule has 0 saturated carbocycles. The maximum absolute atomic E-state index is 12.5. The number of nitrogens with one attached hydrogen (secondary N) is 1. The fourth-order valence-corrected chi connectivity index (χ4v) is 3.50. The highest BCUT2D eigenvalue weighted by molar-refractivity contribution is 5.94. The van der Waals surface area contributed by atoms with Crippen LogP contribution in [0.3, 0.4) is 0 Å². The third-order valence-corrected chi connectivity index (χ3v) is 4.81. The van der Waals surface area contributed by atoms with Gasteiger partial charge in [0.05, 0.1) is 5.92 Å². The first-order valence-corrected chi connectivity index (χ1v) is 7.28. The van der Waals surface area contributed by atoms with Crippen LogP contribution in [0.2, 0.25) is 0 Å². The zero-order valence-corrected chi connectivity index (χ0v) is 11.8. The van der Waals surface area contributed by atoms with Gasteiger partial charge in [-0.1, -0.05) is 12.1 Å². The van der Waals surface area contributed by atoms with Gasteiger partial charge in [0.15, 0.2) is 0 Å². The van der Waals surface area contributed by atoms with Gasteiger partial charge in [-0.15, -0.1) is 0 Å². The molecule has 2 saturated heterocycles. The Hall–Kier alpha value is -1.35. The van der Waals surface area contributed by atoms with Crippen molar-refractivity contribution >= 4 is 11.6 Å². The molecular weight excluding hydrogens is 236 g/mol. The zero-order chi connectivity index (χ0) is 13.4. The third-order valence-electron chi connectivity index (χ3n) is 4.81. The lowest BCUT2D eigenvalue weighted by Crippen LogP contribution is -2.33. The maximum Gasteiger partial charge on any atom is 0.229 e. The van der Waals surface area contributed by atoms with Gasteiger partial charge in [-0.05, 0) is 63.4 Å². The molecule has 2 aliphatic rings. The Morgan fingerprint density at radius 1 is 1.26 bits per heavy atom. The van der Waals surface area contributed by atoms with Crippen molar-refractivity contribution in [2.45, 2.75) is 39.2 Å². The number of amides is 1. The molecule has 0 radical (unpaired) electrons. The van der Waals surface area contributed by atoms with E-state index in [2.05, 4.69) is 30.1 Å². The molecule has 0 aromatic heterocycles. The highest BCUT2D eigenvalue weighted by Crippen LogP contribution is 2.33. The molecule has 2 heterocycles. The molecule has 1 N–H and O–H groups in total. The number of benzene rings is 1. The van der Waals surface area contributed by atoms with Crippen LogP contribution in [0.4, 0.5) is 5.69 Å². The summed E-state index contributed by atoms with van der Waals surface area (Å²) in [5.41, 5.74) is 3.38. The van der Waals surface area contributed by atoms with Crippen LogP contribution in [0.25, 0.3) is 0 Å². The van der Waals surface area contributed by atoms with Gasteiger partial charge >= 0.3 is 0 Å². The average Bonchev–Trinajstić information content (AvgIpc) is 2.96. The molecule has 2 unspecified atom stereocenters. The quantitative estimate of drug-likeness (QED) is 0.884. The lowest BCUT2D eigenvalue weighted by atomic mass is 9.97. The van der Waals surface area contributed by atoms with E-state index < -0.39 is 0 Å². The summed E-state index contributed by atoms with van der Waals surface area (Å²) in [4.78, 5) is 15.0. The summed E-state index contributed by atoms with van der Waals surface area (Å²) in [6.45, 7) is 6.42. The predicted molar refractivity (Wildman–Crippen MR) is 77.2 cm³/mol. The second kappa shape index (κ2) is 4.97. The van der Waals surface area contributed by atoms with E-state index >= 15 is 0 Å². The number of carbonyl (C=O) groups excluding carboxylic acids is 1. The molecule has 2 atom stereocenters. The van der Waals surface area contributed by atoms with Crippen molar-refractivity contribution in [3.05, 3.63) is 29.3 Å². The summed E-state index contributed by atoms with van der Waals surface area (Å²) in [5.74, 6) is 0.394. The van der Waals surface area contributed by atoms with Crippen LogP contribution in [0, 0.1) is 19.8 Å². The number of hydrogen-bond acceptors (Lipinski definition) is 2. The molecule has 0 spiro atoms. The Kier molecular flexibility index (Phi) is 3.31. The van der Waals surface area contributed by atoms with Crippen molar-refractivity contribution in [2.24, 2.45) is 5.92 Å². The Morgan fingerprint density at radius 2 is 2.11 bits per heavy atom. The summed E-state index contributed by atoms with van der Waals surface area (Å²) in [7, 11) is 0. The second-order valence-electron chi connectivity index (χ2n) is 5.88. The fourth-order valence-electron chi connectivity index (χ4n) is 3.50. The van der Waals surface area contributed by atoms with Crippen molar-refractivity contribution < 1.29 is 4.79 Å². The lowest BCUT2D eigenvalue weighted by molar-refractivity contribution is -0.120. The molecule has 3 rings (SSSR count). The van der Waals surface area contributed by atoms with Gasteiger partial charge < -0.3 is 5.32 Å². The van der Waals surface area contributed by atoms with Crippen LogP contribution in [-0.2, 0) is 4.79 Å². The summed E-state index contributed by atoms with van der Waals surface area (Å²) < 4.78 is 0. The van der Waals surface area contributed by atoms with E-state index in [0.717, 1.165) is 18.7 Å². The molecule has 19 heavy (non-hydrogen) atoms. The monoisotopic (exact) mass is 258 g/mol. The van der Waals surface area contributed by atoms with Gasteiger partial charge in [0, 0.05) is 11.7 Å². The van der Waals surface area contributed by atoms with E-state index in [9.17, 15) is 4.79 Å². The van der Waals surface area contributed by atoms with Crippen molar-refractivity contribution in [3.63, 3.8) is 0 Å². The Bertz CT molecular complexity index is 498. The first-order chi connectivity index (χ1) is 9.16. The molecule has 2 aliphatic heterocycles. The number of anilines is 1. The molecule has 0 aliphatic carbocycles. The highest BCUT2D eigenvalue weighted by Gasteiger charge is 2.40. The van der Waals surface area contributed by atoms with Crippen LogP contribution < -0.4 is 5.32 Å². The molecule has 3 nitrogen and oxygen atoms in total. The number of rotatable bonds is 2. The molecule has 0 bridgehead atoms. The van der Waals surface area contributed by atoms with Crippen LogP contribution in [0.1, 0.15) is 30.4 Å². The first-order valence-electron chi connectivity index (χ1n) is 7.28. The molecule has 3 heteroatoms. The largest absolute Gasteiger partial charge is 0.326 e. The minimum atomic E-state index is 0.183. The SMILES string of the molecule is Cc1cccc(NC(=O)C2CCN3CCCC23)c1C. The van der Waals surface area contributed by atoms with Gasteiger partial charge in [-0.3, -0.25) is 9.69 Å². The van der Waals surface area contributed by atoms with Crippen LogP contribution in [0.15, 0.2) is 18.2 Å².